The summed E-state index contributed by atoms with van der Waals surface area (Å²) in [5.41, 5.74) is 1.43. The normalized spacial score (nSPS) is 11.3. The molecule has 0 aliphatic carbocycles. The van der Waals surface area contributed by atoms with Crippen molar-refractivity contribution in [2.45, 2.75) is 0 Å². The molecule has 0 aromatic heterocycles. The van der Waals surface area contributed by atoms with Crippen LogP contribution in [0, 0.1) is 0 Å². The van der Waals surface area contributed by atoms with Gasteiger partial charge < -0.3 is 9.67 Å². The van der Waals surface area contributed by atoms with E-state index in [1.165, 1.54) is 0 Å². The van der Waals surface area contributed by atoms with E-state index in [1.54, 1.807) is 6.07 Å². The monoisotopic (exact) mass is 448 g/mol. The van der Waals surface area contributed by atoms with Crippen LogP contribution in [0.2, 0.25) is 0 Å². The molecule has 0 bridgehead atoms. The maximum absolute atomic E-state index is 14.7. The second-order valence-electron chi connectivity index (χ2n) is 6.46. The Morgan fingerprint density at radius 3 is 1.75 bits per heavy atom. The fourth-order valence-electron chi connectivity index (χ4n) is 3.41. The molecule has 138 valence electrons. The van der Waals surface area contributed by atoms with Gasteiger partial charge in [0.2, 0.25) is 0 Å². The summed E-state index contributed by atoms with van der Waals surface area (Å²) in [6, 6.07) is 32.1. The third-order valence-electron chi connectivity index (χ3n) is 4.73. The number of phenols is 1. The number of aromatic hydroxyl groups is 1. The van der Waals surface area contributed by atoms with Crippen molar-refractivity contribution in [1.82, 2.24) is 0 Å². The third kappa shape index (κ3) is 3.32. The molecule has 4 aromatic carbocycles. The SMILES string of the molecule is O=P(c1ccccc1)(c1ccccc1)c1ccccc1-c1ccc(Br)cc1O. The molecule has 0 amide bonds. The van der Waals surface area contributed by atoms with Gasteiger partial charge in [0.15, 0.2) is 7.14 Å². The molecule has 0 heterocycles. The van der Waals surface area contributed by atoms with Crippen LogP contribution in [0.4, 0.5) is 0 Å². The summed E-state index contributed by atoms with van der Waals surface area (Å²) >= 11 is 3.39. The summed E-state index contributed by atoms with van der Waals surface area (Å²) in [7, 11) is -3.13. The Morgan fingerprint density at radius 2 is 1.18 bits per heavy atom. The fourth-order valence-corrected chi connectivity index (χ4v) is 6.63. The average molecular weight is 449 g/mol. The number of hydrogen-bond donors (Lipinski definition) is 1. The van der Waals surface area contributed by atoms with E-state index in [-0.39, 0.29) is 5.75 Å². The van der Waals surface area contributed by atoms with Gasteiger partial charge in [-0.15, -0.1) is 0 Å². The lowest BCUT2D eigenvalue weighted by molar-refractivity contribution is 0.477. The molecular weight excluding hydrogens is 431 g/mol. The summed E-state index contributed by atoms with van der Waals surface area (Å²) in [5.74, 6) is 0.148. The van der Waals surface area contributed by atoms with Crippen molar-refractivity contribution in [3.63, 3.8) is 0 Å². The summed E-state index contributed by atoms with van der Waals surface area (Å²) in [6.07, 6.45) is 0. The minimum atomic E-state index is -3.13. The van der Waals surface area contributed by atoms with Gasteiger partial charge >= 0.3 is 0 Å². The zero-order chi connectivity index (χ0) is 19.6. The number of hydrogen-bond acceptors (Lipinski definition) is 2. The molecule has 0 radical (unpaired) electrons. The third-order valence-corrected chi connectivity index (χ3v) is 8.35. The number of phenolic OH excluding ortho intramolecular Hbond substituents is 1. The molecule has 0 atom stereocenters. The van der Waals surface area contributed by atoms with Crippen LogP contribution in [0.3, 0.4) is 0 Å². The standard InChI is InChI=1S/C24H18BrO2P/c25-18-15-16-21(23(26)17-18)22-13-7-8-14-24(22)28(27,19-9-3-1-4-10-19)20-11-5-2-6-12-20/h1-17,26H. The summed E-state index contributed by atoms with van der Waals surface area (Å²) in [5, 5.41) is 12.8. The fraction of sp³-hybridized carbons (Fsp3) is 0. The Hall–Kier alpha value is -2.61. The molecule has 0 fully saturated rings. The van der Waals surface area contributed by atoms with E-state index in [1.807, 2.05) is 97.1 Å². The van der Waals surface area contributed by atoms with Crippen LogP contribution >= 0.6 is 23.1 Å². The van der Waals surface area contributed by atoms with Crippen LogP contribution in [0.1, 0.15) is 0 Å². The lowest BCUT2D eigenvalue weighted by Gasteiger charge is -2.23. The number of halogens is 1. The molecule has 4 heteroatoms. The van der Waals surface area contributed by atoms with E-state index in [0.717, 1.165) is 20.6 Å². The van der Waals surface area contributed by atoms with Crippen molar-refractivity contribution >= 4 is 39.0 Å². The second-order valence-corrected chi connectivity index (χ2v) is 10.1. The van der Waals surface area contributed by atoms with Gasteiger partial charge in [-0.1, -0.05) is 101 Å². The zero-order valence-corrected chi connectivity index (χ0v) is 17.5. The van der Waals surface area contributed by atoms with Crippen molar-refractivity contribution in [2.24, 2.45) is 0 Å². The molecule has 0 saturated heterocycles. The van der Waals surface area contributed by atoms with Gasteiger partial charge in [0.25, 0.3) is 0 Å². The second kappa shape index (κ2) is 7.79. The van der Waals surface area contributed by atoms with Crippen LogP contribution in [0.5, 0.6) is 5.75 Å². The summed E-state index contributed by atoms with van der Waals surface area (Å²) in [6.45, 7) is 0. The summed E-state index contributed by atoms with van der Waals surface area (Å²) < 4.78 is 15.5. The number of rotatable bonds is 4. The van der Waals surface area contributed by atoms with Gasteiger partial charge in [0.1, 0.15) is 5.75 Å². The zero-order valence-electron chi connectivity index (χ0n) is 15.0. The van der Waals surface area contributed by atoms with E-state index < -0.39 is 7.14 Å². The molecular formula is C24H18BrO2P. The van der Waals surface area contributed by atoms with Gasteiger partial charge in [0.05, 0.1) is 0 Å². The Morgan fingerprint density at radius 1 is 0.643 bits per heavy atom. The molecule has 1 N–H and O–H groups in total. The highest BCUT2D eigenvalue weighted by Crippen LogP contribution is 2.46. The van der Waals surface area contributed by atoms with Gasteiger partial charge in [-0.3, -0.25) is 0 Å². The van der Waals surface area contributed by atoms with Gasteiger partial charge in [-0.05, 0) is 23.8 Å². The van der Waals surface area contributed by atoms with Crippen molar-refractivity contribution in [2.75, 3.05) is 0 Å². The predicted molar refractivity (Wildman–Crippen MR) is 121 cm³/mol. The van der Waals surface area contributed by atoms with Crippen molar-refractivity contribution in [1.29, 1.82) is 0 Å². The Kier molecular flexibility index (Phi) is 5.21. The number of benzene rings is 4. The van der Waals surface area contributed by atoms with Crippen molar-refractivity contribution < 1.29 is 9.67 Å². The molecule has 2 nitrogen and oxygen atoms in total. The van der Waals surface area contributed by atoms with E-state index in [2.05, 4.69) is 15.9 Å². The molecule has 28 heavy (non-hydrogen) atoms. The first kappa shape index (κ1) is 18.7. The highest BCUT2D eigenvalue weighted by Gasteiger charge is 2.32. The smallest absolute Gasteiger partial charge is 0.171 e. The molecule has 0 spiro atoms. The molecule has 4 rings (SSSR count). The maximum Gasteiger partial charge on any atom is 0.171 e. The van der Waals surface area contributed by atoms with Crippen LogP contribution in [0.15, 0.2) is 108 Å². The van der Waals surface area contributed by atoms with Crippen LogP contribution < -0.4 is 15.9 Å². The average Bonchev–Trinajstić information content (AvgIpc) is 2.74. The Labute approximate surface area is 173 Å². The lowest BCUT2D eigenvalue weighted by Crippen LogP contribution is -2.26. The highest BCUT2D eigenvalue weighted by molar-refractivity contribution is 9.10. The molecule has 0 aliphatic rings. The van der Waals surface area contributed by atoms with Crippen molar-refractivity contribution in [3.8, 4) is 16.9 Å². The first-order valence-corrected chi connectivity index (χ1v) is 11.4. The van der Waals surface area contributed by atoms with E-state index in [9.17, 15) is 9.67 Å². The topological polar surface area (TPSA) is 37.3 Å². The minimum absolute atomic E-state index is 0.148. The molecule has 4 aromatic rings. The first-order chi connectivity index (χ1) is 13.6. The van der Waals surface area contributed by atoms with Crippen LogP contribution in [-0.2, 0) is 4.57 Å². The van der Waals surface area contributed by atoms with E-state index in [4.69, 9.17) is 0 Å². The highest BCUT2D eigenvalue weighted by atomic mass is 79.9. The largest absolute Gasteiger partial charge is 0.507 e. The summed E-state index contributed by atoms with van der Waals surface area (Å²) in [4.78, 5) is 0. The maximum atomic E-state index is 14.7. The van der Waals surface area contributed by atoms with Gasteiger partial charge in [-0.25, -0.2) is 0 Å². The lowest BCUT2D eigenvalue weighted by atomic mass is 10.0. The first-order valence-electron chi connectivity index (χ1n) is 8.90. The molecule has 0 aliphatic heterocycles. The minimum Gasteiger partial charge on any atom is -0.507 e. The van der Waals surface area contributed by atoms with E-state index in [0.29, 0.717) is 10.9 Å². The van der Waals surface area contributed by atoms with Gasteiger partial charge in [0, 0.05) is 25.9 Å². The van der Waals surface area contributed by atoms with Gasteiger partial charge in [-0.2, -0.15) is 0 Å². The Bertz CT molecular complexity index is 1110. The molecule has 0 unspecified atom stereocenters. The predicted octanol–water partition coefficient (Wildman–Crippen LogP) is 5.46. The van der Waals surface area contributed by atoms with Crippen LogP contribution in [-0.4, -0.2) is 5.11 Å². The van der Waals surface area contributed by atoms with Crippen LogP contribution in [0.25, 0.3) is 11.1 Å². The van der Waals surface area contributed by atoms with Crippen molar-refractivity contribution in [3.05, 3.63) is 108 Å². The quantitative estimate of drug-likeness (QED) is 0.420. The Balaban J connectivity index is 2.04. The van der Waals surface area contributed by atoms with E-state index >= 15 is 0 Å². The molecule has 0 saturated carbocycles.